The van der Waals surface area contributed by atoms with Crippen LogP contribution >= 0.6 is 12.4 Å². The Bertz CT molecular complexity index is 953. The van der Waals surface area contributed by atoms with Crippen LogP contribution in [0.1, 0.15) is 55.9 Å². The Morgan fingerprint density at radius 1 is 0.933 bits per heavy atom. The molecule has 2 aliphatic heterocycles. The summed E-state index contributed by atoms with van der Waals surface area (Å²) < 4.78 is 0. The maximum absolute atomic E-state index is 12.9. The monoisotopic (exact) mass is 427 g/mol. The molecule has 1 saturated heterocycles. The number of benzene rings is 2. The third kappa shape index (κ3) is 4.40. The van der Waals surface area contributed by atoms with E-state index in [0.29, 0.717) is 23.4 Å². The lowest BCUT2D eigenvalue weighted by Gasteiger charge is -2.26. The Labute approximate surface area is 182 Å². The van der Waals surface area contributed by atoms with E-state index in [9.17, 15) is 14.4 Å². The van der Waals surface area contributed by atoms with Gasteiger partial charge in [-0.25, -0.2) is 4.90 Å². The van der Waals surface area contributed by atoms with Gasteiger partial charge in [0.1, 0.15) is 0 Å². The molecule has 2 heterocycles. The molecule has 0 spiro atoms. The molecule has 2 aromatic rings. The molecule has 3 amide bonds. The predicted molar refractivity (Wildman–Crippen MR) is 119 cm³/mol. The second kappa shape index (κ2) is 9.41. The minimum absolute atomic E-state index is 0. The Morgan fingerprint density at radius 3 is 2.30 bits per heavy atom. The van der Waals surface area contributed by atoms with Gasteiger partial charge in [-0.3, -0.25) is 14.4 Å². The molecule has 0 radical (unpaired) electrons. The van der Waals surface area contributed by atoms with E-state index in [0.717, 1.165) is 25.2 Å². The van der Waals surface area contributed by atoms with Crippen LogP contribution < -0.4 is 10.2 Å². The van der Waals surface area contributed by atoms with E-state index in [2.05, 4.69) is 10.2 Å². The molecule has 2 aliphatic rings. The van der Waals surface area contributed by atoms with Gasteiger partial charge in [-0.1, -0.05) is 24.1 Å². The van der Waals surface area contributed by atoms with Crippen molar-refractivity contribution in [2.24, 2.45) is 0 Å². The maximum Gasteiger partial charge on any atom is 0.266 e. The molecule has 6 nitrogen and oxygen atoms in total. The van der Waals surface area contributed by atoms with Crippen LogP contribution in [-0.2, 0) is 0 Å². The van der Waals surface area contributed by atoms with Crippen LogP contribution in [0.25, 0.3) is 0 Å². The number of likely N-dealkylation sites (tertiary alicyclic amines) is 1. The van der Waals surface area contributed by atoms with Crippen molar-refractivity contribution in [3.8, 4) is 0 Å². The van der Waals surface area contributed by atoms with Crippen molar-refractivity contribution in [1.82, 2.24) is 10.2 Å². The van der Waals surface area contributed by atoms with Gasteiger partial charge in [0, 0.05) is 18.7 Å². The number of carbonyl (C=O) groups excluding carboxylic acids is 3. The van der Waals surface area contributed by atoms with Crippen LogP contribution in [0.2, 0.25) is 0 Å². The highest BCUT2D eigenvalue weighted by Crippen LogP contribution is 2.29. The summed E-state index contributed by atoms with van der Waals surface area (Å²) in [5, 5.41) is 2.92. The van der Waals surface area contributed by atoms with Crippen molar-refractivity contribution in [2.45, 2.75) is 26.2 Å². The first-order valence-electron chi connectivity index (χ1n) is 10.1. The zero-order chi connectivity index (χ0) is 20.4. The van der Waals surface area contributed by atoms with Crippen LogP contribution in [0.5, 0.6) is 0 Å². The molecule has 2 aromatic carbocycles. The normalized spacial score (nSPS) is 16.2. The molecule has 158 valence electrons. The molecule has 1 N–H and O–H groups in total. The van der Waals surface area contributed by atoms with E-state index in [-0.39, 0.29) is 29.8 Å². The third-order valence-electron chi connectivity index (χ3n) is 5.60. The van der Waals surface area contributed by atoms with Gasteiger partial charge in [0.2, 0.25) is 0 Å². The molecular formula is C23H26ClN3O3. The minimum atomic E-state index is -0.392. The van der Waals surface area contributed by atoms with Gasteiger partial charge in [-0.15, -0.1) is 12.4 Å². The zero-order valence-corrected chi connectivity index (χ0v) is 17.8. The number of amides is 3. The first-order chi connectivity index (χ1) is 14.0. The summed E-state index contributed by atoms with van der Waals surface area (Å²) >= 11 is 0. The van der Waals surface area contributed by atoms with Gasteiger partial charge in [0.25, 0.3) is 17.7 Å². The average molecular weight is 428 g/mol. The number of piperidine rings is 1. The number of hydrogen-bond acceptors (Lipinski definition) is 4. The van der Waals surface area contributed by atoms with E-state index in [1.165, 1.54) is 30.2 Å². The SMILES string of the molecule is Cc1ccc(N2C(=O)c3ccc(C(=O)NCCN4CCCCC4)cc3C2=O)cc1.Cl. The first kappa shape index (κ1) is 22.0. The van der Waals surface area contributed by atoms with Gasteiger partial charge in [-0.2, -0.15) is 0 Å². The summed E-state index contributed by atoms with van der Waals surface area (Å²) in [4.78, 5) is 41.6. The quantitative estimate of drug-likeness (QED) is 0.742. The summed E-state index contributed by atoms with van der Waals surface area (Å²) in [6.45, 7) is 5.51. The van der Waals surface area contributed by atoms with Gasteiger partial charge >= 0.3 is 0 Å². The Hall–Kier alpha value is -2.70. The second-order valence-corrected chi connectivity index (χ2v) is 7.70. The van der Waals surface area contributed by atoms with Crippen molar-refractivity contribution in [1.29, 1.82) is 0 Å². The highest BCUT2D eigenvalue weighted by atomic mass is 35.5. The van der Waals surface area contributed by atoms with Gasteiger partial charge in [0.15, 0.2) is 0 Å². The van der Waals surface area contributed by atoms with E-state index in [1.807, 2.05) is 19.1 Å². The van der Waals surface area contributed by atoms with Crippen molar-refractivity contribution >= 4 is 35.8 Å². The Balaban J connectivity index is 0.00000256. The Morgan fingerprint density at radius 2 is 1.60 bits per heavy atom. The number of anilines is 1. The number of rotatable bonds is 5. The largest absolute Gasteiger partial charge is 0.351 e. The number of nitrogens with one attached hydrogen (secondary N) is 1. The Kier molecular flexibility index (Phi) is 6.90. The molecule has 0 aromatic heterocycles. The fraction of sp³-hybridized carbons (Fsp3) is 0.348. The van der Waals surface area contributed by atoms with E-state index in [1.54, 1.807) is 24.3 Å². The van der Waals surface area contributed by atoms with Gasteiger partial charge < -0.3 is 10.2 Å². The van der Waals surface area contributed by atoms with Crippen molar-refractivity contribution in [2.75, 3.05) is 31.1 Å². The molecular weight excluding hydrogens is 402 g/mol. The second-order valence-electron chi connectivity index (χ2n) is 7.70. The van der Waals surface area contributed by atoms with Gasteiger partial charge in [0.05, 0.1) is 16.8 Å². The number of hydrogen-bond donors (Lipinski definition) is 1. The molecule has 0 atom stereocenters. The number of aryl methyl sites for hydroxylation is 1. The van der Waals surface area contributed by atoms with Crippen molar-refractivity contribution in [3.63, 3.8) is 0 Å². The summed E-state index contributed by atoms with van der Waals surface area (Å²) in [5.41, 5.74) is 2.59. The highest BCUT2D eigenvalue weighted by molar-refractivity contribution is 6.34. The fourth-order valence-corrected chi connectivity index (χ4v) is 3.92. The topological polar surface area (TPSA) is 69.7 Å². The van der Waals surface area contributed by atoms with Crippen molar-refractivity contribution < 1.29 is 14.4 Å². The summed E-state index contributed by atoms with van der Waals surface area (Å²) in [6, 6.07) is 11.9. The molecule has 0 bridgehead atoms. The molecule has 0 saturated carbocycles. The van der Waals surface area contributed by atoms with Crippen LogP contribution in [0.4, 0.5) is 5.69 Å². The molecule has 1 fully saturated rings. The predicted octanol–water partition coefficient (Wildman–Crippen LogP) is 3.43. The lowest BCUT2D eigenvalue weighted by atomic mass is 10.1. The lowest BCUT2D eigenvalue weighted by Crippen LogP contribution is -2.37. The third-order valence-corrected chi connectivity index (χ3v) is 5.60. The van der Waals surface area contributed by atoms with E-state index >= 15 is 0 Å². The van der Waals surface area contributed by atoms with Crippen molar-refractivity contribution in [3.05, 3.63) is 64.7 Å². The average Bonchev–Trinajstić information content (AvgIpc) is 2.99. The molecule has 0 unspecified atom stereocenters. The minimum Gasteiger partial charge on any atom is -0.351 e. The van der Waals surface area contributed by atoms with Crippen LogP contribution in [0.15, 0.2) is 42.5 Å². The zero-order valence-electron chi connectivity index (χ0n) is 17.0. The molecule has 0 aliphatic carbocycles. The molecule has 7 heteroatoms. The number of fused-ring (bicyclic) bond motifs is 1. The first-order valence-corrected chi connectivity index (χ1v) is 10.1. The highest BCUT2D eigenvalue weighted by Gasteiger charge is 2.37. The van der Waals surface area contributed by atoms with Crippen LogP contribution in [-0.4, -0.2) is 48.8 Å². The fourth-order valence-electron chi connectivity index (χ4n) is 3.92. The number of carbonyl (C=O) groups is 3. The summed E-state index contributed by atoms with van der Waals surface area (Å²) in [6.07, 6.45) is 3.71. The lowest BCUT2D eigenvalue weighted by molar-refractivity contribution is 0.0923. The number of halogens is 1. The number of imide groups is 1. The smallest absolute Gasteiger partial charge is 0.266 e. The molecule has 30 heavy (non-hydrogen) atoms. The van der Waals surface area contributed by atoms with Gasteiger partial charge in [-0.05, 0) is 63.2 Å². The maximum atomic E-state index is 12.9. The number of nitrogens with zero attached hydrogens (tertiary/aromatic N) is 2. The van der Waals surface area contributed by atoms with E-state index < -0.39 is 5.91 Å². The van der Waals surface area contributed by atoms with Crippen LogP contribution in [0.3, 0.4) is 0 Å². The van der Waals surface area contributed by atoms with E-state index in [4.69, 9.17) is 0 Å². The summed E-state index contributed by atoms with van der Waals surface area (Å²) in [7, 11) is 0. The molecule has 4 rings (SSSR count). The summed E-state index contributed by atoms with van der Waals surface area (Å²) in [5.74, 6) is -0.971. The van der Waals surface area contributed by atoms with Crippen LogP contribution in [0, 0.1) is 6.92 Å². The standard InChI is InChI=1S/C23H25N3O3.ClH/c1-16-5-8-18(9-6-16)26-22(28)19-10-7-17(15-20(19)23(26)29)21(27)24-11-14-25-12-3-2-4-13-25;/h5-10,15H,2-4,11-14H2,1H3,(H,24,27);1H.